The predicted octanol–water partition coefficient (Wildman–Crippen LogP) is 4.59. The fraction of sp³-hybridized carbons (Fsp3) is 0.412. The molecule has 0 saturated heterocycles. The number of carbonyl (C=O) groups excluding carboxylic acids is 1. The lowest BCUT2D eigenvalue weighted by molar-refractivity contribution is -0.117. The van der Waals surface area contributed by atoms with Crippen molar-refractivity contribution in [2.45, 2.75) is 40.5 Å². The van der Waals surface area contributed by atoms with Gasteiger partial charge in [-0.25, -0.2) is 4.39 Å². The molecule has 21 heavy (non-hydrogen) atoms. The first-order chi connectivity index (χ1) is 9.66. The molecule has 0 aromatic heterocycles. The Balaban J connectivity index is 3.06. The quantitative estimate of drug-likeness (QED) is 0.608. The van der Waals surface area contributed by atoms with E-state index in [1.807, 2.05) is 13.8 Å². The first-order valence-electron chi connectivity index (χ1n) is 6.83. The van der Waals surface area contributed by atoms with Crippen LogP contribution in [-0.4, -0.2) is 17.1 Å². The van der Waals surface area contributed by atoms with Gasteiger partial charge in [-0.05, 0) is 37.0 Å². The van der Waals surface area contributed by atoms with Gasteiger partial charge < -0.3 is 5.11 Å². The molecule has 0 fully saturated rings. The first-order valence-corrected chi connectivity index (χ1v) is 6.83. The number of carbonyl (C=O) groups is 1. The molecule has 1 rings (SSSR count). The molecule has 0 unspecified atom stereocenters. The number of aliphatic hydroxyl groups is 1. The first kappa shape index (κ1) is 17.1. The molecular formula is C17H22FNO2. The lowest BCUT2D eigenvalue weighted by Gasteiger charge is -2.28. The highest BCUT2D eigenvalue weighted by Gasteiger charge is 2.32. The highest BCUT2D eigenvalue weighted by atomic mass is 19.1. The van der Waals surface area contributed by atoms with Crippen molar-refractivity contribution in [3.8, 4) is 0 Å². The molecule has 0 aromatic rings. The molecule has 0 atom stereocenters. The van der Waals surface area contributed by atoms with Crippen molar-refractivity contribution in [2.24, 2.45) is 10.4 Å². The van der Waals surface area contributed by atoms with Crippen LogP contribution in [0.25, 0.3) is 0 Å². The van der Waals surface area contributed by atoms with E-state index in [1.165, 1.54) is 18.4 Å². The molecule has 1 aliphatic rings. The summed E-state index contributed by atoms with van der Waals surface area (Å²) in [4.78, 5) is 16.1. The second-order valence-electron chi connectivity index (χ2n) is 6.18. The molecule has 3 nitrogen and oxygen atoms in total. The number of rotatable bonds is 4. The summed E-state index contributed by atoms with van der Waals surface area (Å²) in [7, 11) is 0. The highest BCUT2D eigenvalue weighted by molar-refractivity contribution is 6.14. The maximum Gasteiger partial charge on any atom is 0.168 e. The maximum absolute atomic E-state index is 13.5. The lowest BCUT2D eigenvalue weighted by atomic mass is 9.77. The van der Waals surface area contributed by atoms with Gasteiger partial charge in [-0.2, -0.15) is 0 Å². The van der Waals surface area contributed by atoms with Crippen molar-refractivity contribution >= 4 is 12.0 Å². The lowest BCUT2D eigenvalue weighted by Crippen LogP contribution is -2.26. The number of aliphatic hydroxyl groups excluding tert-OH is 1. The van der Waals surface area contributed by atoms with Gasteiger partial charge in [-0.1, -0.05) is 20.4 Å². The molecule has 0 amide bonds. The van der Waals surface area contributed by atoms with Gasteiger partial charge >= 0.3 is 0 Å². The number of Topliss-reactive ketones (excluding diaryl/α,β-unsaturated/α-hetero) is 1. The van der Waals surface area contributed by atoms with Crippen molar-refractivity contribution in [1.82, 2.24) is 0 Å². The minimum Gasteiger partial charge on any atom is -0.511 e. The van der Waals surface area contributed by atoms with E-state index in [4.69, 9.17) is 0 Å². The zero-order valence-corrected chi connectivity index (χ0v) is 13.0. The molecule has 0 radical (unpaired) electrons. The van der Waals surface area contributed by atoms with E-state index < -0.39 is 5.83 Å². The maximum atomic E-state index is 13.5. The molecule has 1 aliphatic carbocycles. The van der Waals surface area contributed by atoms with Crippen LogP contribution < -0.4 is 0 Å². The summed E-state index contributed by atoms with van der Waals surface area (Å²) in [6.07, 6.45) is 4.71. The normalized spacial score (nSPS) is 19.1. The average Bonchev–Trinajstić information content (AvgIpc) is 2.34. The Morgan fingerprint density at radius 1 is 1.38 bits per heavy atom. The number of allylic oxidation sites excluding steroid dienone is 6. The number of aliphatic imine (C=N–C) groups is 1. The molecular weight excluding hydrogens is 269 g/mol. The third kappa shape index (κ3) is 4.81. The Labute approximate surface area is 125 Å². The van der Waals surface area contributed by atoms with Crippen LogP contribution in [0.1, 0.15) is 40.5 Å². The molecule has 1 N–H and O–H groups in total. The number of hydrogen-bond donors (Lipinski definition) is 1. The Hall–Kier alpha value is -1.97. The zero-order valence-electron chi connectivity index (χ0n) is 13.0. The summed E-state index contributed by atoms with van der Waals surface area (Å²) in [5.74, 6) is -0.513. The standard InChI is InChI=1S/C17H22FNO2/c1-6-12(7-14(18)11(2)3)19-10-13-15(20)8-17(4,5)9-16(13)21/h6-7,10,20H,1,8-9H2,2-5H3/b12-7+,19-10?. The van der Waals surface area contributed by atoms with Gasteiger partial charge in [-0.3, -0.25) is 9.79 Å². The summed E-state index contributed by atoms with van der Waals surface area (Å²) < 4.78 is 13.5. The summed E-state index contributed by atoms with van der Waals surface area (Å²) >= 11 is 0. The Bertz CT molecular complexity index is 574. The molecule has 0 aliphatic heterocycles. The topological polar surface area (TPSA) is 49.7 Å². The van der Waals surface area contributed by atoms with E-state index in [-0.39, 0.29) is 22.5 Å². The Kier molecular flexibility index (Phi) is 5.41. The van der Waals surface area contributed by atoms with Gasteiger partial charge in [0, 0.05) is 19.1 Å². The van der Waals surface area contributed by atoms with E-state index >= 15 is 0 Å². The van der Waals surface area contributed by atoms with Crippen molar-refractivity contribution in [2.75, 3.05) is 0 Å². The number of halogens is 1. The molecule has 4 heteroatoms. The van der Waals surface area contributed by atoms with E-state index in [9.17, 15) is 14.3 Å². The van der Waals surface area contributed by atoms with Crippen LogP contribution in [-0.2, 0) is 4.79 Å². The van der Waals surface area contributed by atoms with E-state index in [2.05, 4.69) is 11.6 Å². The number of hydrogen-bond acceptors (Lipinski definition) is 3. The SMILES string of the molecule is C=C/C(=C\C(F)=C(C)C)N=CC1=C(O)CC(C)(C)CC1=O. The van der Waals surface area contributed by atoms with Crippen molar-refractivity contribution in [1.29, 1.82) is 0 Å². The third-order valence-electron chi connectivity index (χ3n) is 3.20. The molecule has 0 aromatic carbocycles. The van der Waals surface area contributed by atoms with E-state index in [1.54, 1.807) is 13.8 Å². The van der Waals surface area contributed by atoms with Crippen LogP contribution >= 0.6 is 0 Å². The Morgan fingerprint density at radius 2 is 2.00 bits per heavy atom. The molecule has 0 bridgehead atoms. The smallest absolute Gasteiger partial charge is 0.168 e. The Morgan fingerprint density at radius 3 is 2.48 bits per heavy atom. The average molecular weight is 291 g/mol. The van der Waals surface area contributed by atoms with Crippen molar-refractivity contribution < 1.29 is 14.3 Å². The largest absolute Gasteiger partial charge is 0.511 e. The molecule has 114 valence electrons. The number of nitrogens with zero attached hydrogens (tertiary/aromatic N) is 1. The van der Waals surface area contributed by atoms with Gasteiger partial charge in [0.2, 0.25) is 0 Å². The predicted molar refractivity (Wildman–Crippen MR) is 83.9 cm³/mol. The van der Waals surface area contributed by atoms with Gasteiger partial charge in [0.25, 0.3) is 0 Å². The van der Waals surface area contributed by atoms with Gasteiger partial charge in [0.05, 0.1) is 11.3 Å². The van der Waals surface area contributed by atoms with E-state index in [0.29, 0.717) is 24.1 Å². The van der Waals surface area contributed by atoms with Crippen molar-refractivity contribution in [3.63, 3.8) is 0 Å². The minimum absolute atomic E-state index is 0.0334. The monoisotopic (exact) mass is 291 g/mol. The summed E-state index contributed by atoms with van der Waals surface area (Å²) in [6, 6.07) is 0. The van der Waals surface area contributed by atoms with Crippen molar-refractivity contribution in [3.05, 3.63) is 47.2 Å². The van der Waals surface area contributed by atoms with Crippen LogP contribution in [0.5, 0.6) is 0 Å². The van der Waals surface area contributed by atoms with Crippen LogP contribution in [0, 0.1) is 5.41 Å². The number of ketones is 1. The van der Waals surface area contributed by atoms with Gasteiger partial charge in [-0.15, -0.1) is 0 Å². The van der Waals surface area contributed by atoms with Crippen LogP contribution in [0.15, 0.2) is 52.2 Å². The van der Waals surface area contributed by atoms with E-state index in [0.717, 1.165) is 0 Å². The minimum atomic E-state index is -0.392. The third-order valence-corrected chi connectivity index (χ3v) is 3.20. The van der Waals surface area contributed by atoms with Crippen LogP contribution in [0.4, 0.5) is 4.39 Å². The highest BCUT2D eigenvalue weighted by Crippen LogP contribution is 2.35. The molecule has 0 spiro atoms. The fourth-order valence-corrected chi connectivity index (χ4v) is 2.01. The van der Waals surface area contributed by atoms with Gasteiger partial charge in [0.15, 0.2) is 5.78 Å². The molecule has 0 heterocycles. The summed E-state index contributed by atoms with van der Waals surface area (Å²) in [6.45, 7) is 10.7. The second kappa shape index (κ2) is 6.66. The van der Waals surface area contributed by atoms with Crippen LogP contribution in [0.3, 0.4) is 0 Å². The van der Waals surface area contributed by atoms with Crippen LogP contribution in [0.2, 0.25) is 0 Å². The van der Waals surface area contributed by atoms with Gasteiger partial charge in [0.1, 0.15) is 11.6 Å². The second-order valence-corrected chi connectivity index (χ2v) is 6.18. The molecule has 0 saturated carbocycles. The summed E-state index contributed by atoms with van der Waals surface area (Å²) in [5.41, 5.74) is 0.775. The summed E-state index contributed by atoms with van der Waals surface area (Å²) in [5, 5.41) is 9.97. The fourth-order valence-electron chi connectivity index (χ4n) is 2.01. The zero-order chi connectivity index (χ0) is 16.2.